The minimum absolute atomic E-state index is 0.0000847. The van der Waals surface area contributed by atoms with Gasteiger partial charge in [-0.15, -0.1) is 0 Å². The van der Waals surface area contributed by atoms with Crippen molar-refractivity contribution < 1.29 is 33.8 Å². The van der Waals surface area contributed by atoms with Crippen molar-refractivity contribution in [3.8, 4) is 5.75 Å². The van der Waals surface area contributed by atoms with E-state index < -0.39 is 29.7 Å². The molecule has 0 saturated heterocycles. The number of halogens is 1. The first-order valence-electron chi connectivity index (χ1n) is 9.81. The second-order valence-electron chi connectivity index (χ2n) is 7.25. The van der Waals surface area contributed by atoms with Gasteiger partial charge in [0.2, 0.25) is 0 Å². The summed E-state index contributed by atoms with van der Waals surface area (Å²) in [6.07, 6.45) is 0. The molecule has 0 aromatic heterocycles. The number of carbonyl (C=O) groups excluding carboxylic acids is 4. The summed E-state index contributed by atoms with van der Waals surface area (Å²) in [6, 6.07) is 13.8. The monoisotopic (exact) mass is 478 g/mol. The molecule has 4 rings (SSSR count). The highest BCUT2D eigenvalue weighted by atomic mass is 35.5. The predicted octanol–water partition coefficient (Wildman–Crippen LogP) is 4.02. The Morgan fingerprint density at radius 1 is 0.941 bits per heavy atom. The lowest BCUT2D eigenvalue weighted by Crippen LogP contribution is -2.29. The molecular weight excluding hydrogens is 464 g/mol. The molecule has 0 atom stereocenters. The molecule has 3 aromatic rings. The number of amides is 3. The van der Waals surface area contributed by atoms with Crippen LogP contribution in [0, 0.1) is 0 Å². The number of nitrogens with one attached hydrogen (secondary N) is 1. The molecule has 3 amide bonds. The van der Waals surface area contributed by atoms with Gasteiger partial charge in [0.05, 0.1) is 28.1 Å². The highest BCUT2D eigenvalue weighted by molar-refractivity contribution is 6.35. The highest BCUT2D eigenvalue weighted by Gasteiger charge is 2.37. The summed E-state index contributed by atoms with van der Waals surface area (Å²) >= 11 is 5.92. The Bertz CT molecular complexity index is 1400. The van der Waals surface area contributed by atoms with Gasteiger partial charge in [0.15, 0.2) is 0 Å². The van der Waals surface area contributed by atoms with Crippen molar-refractivity contribution >= 4 is 52.6 Å². The molecule has 0 fully saturated rings. The van der Waals surface area contributed by atoms with Gasteiger partial charge < -0.3 is 15.2 Å². The number of benzene rings is 3. The van der Waals surface area contributed by atoms with E-state index in [0.29, 0.717) is 0 Å². The summed E-state index contributed by atoms with van der Waals surface area (Å²) in [5, 5.41) is 12.0. The van der Waals surface area contributed by atoms with E-state index in [2.05, 4.69) is 5.32 Å². The van der Waals surface area contributed by atoms with Crippen LogP contribution in [-0.4, -0.2) is 34.8 Å². The topological polar surface area (TPSA) is 130 Å². The number of ether oxygens (including phenoxy) is 1. The quantitative estimate of drug-likeness (QED) is 0.322. The molecule has 0 radical (unpaired) electrons. The molecule has 1 heterocycles. The molecule has 0 unspecified atom stereocenters. The van der Waals surface area contributed by atoms with E-state index in [0.717, 1.165) is 4.90 Å². The molecule has 0 aliphatic carbocycles. The van der Waals surface area contributed by atoms with Crippen LogP contribution >= 0.6 is 11.6 Å². The van der Waals surface area contributed by atoms with Gasteiger partial charge in [-0.25, -0.2) is 9.69 Å². The second kappa shape index (κ2) is 8.80. The predicted molar refractivity (Wildman–Crippen MR) is 122 cm³/mol. The maximum absolute atomic E-state index is 13.0. The van der Waals surface area contributed by atoms with Crippen LogP contribution in [0.1, 0.15) is 48.4 Å². The van der Waals surface area contributed by atoms with Gasteiger partial charge in [-0.3, -0.25) is 19.2 Å². The number of carbonyl (C=O) groups is 5. The second-order valence-corrected chi connectivity index (χ2v) is 7.68. The van der Waals surface area contributed by atoms with Crippen molar-refractivity contribution in [2.24, 2.45) is 0 Å². The van der Waals surface area contributed by atoms with E-state index in [1.54, 1.807) is 0 Å². The Morgan fingerprint density at radius 3 is 2.38 bits per heavy atom. The van der Waals surface area contributed by atoms with Crippen LogP contribution in [-0.2, 0) is 4.79 Å². The molecule has 3 aromatic carbocycles. The summed E-state index contributed by atoms with van der Waals surface area (Å²) in [5.74, 6) is -3.60. The number of fused-ring (bicyclic) bond motifs is 1. The van der Waals surface area contributed by atoms with Crippen LogP contribution in [0.4, 0.5) is 11.4 Å². The minimum atomic E-state index is -1.26. The molecule has 10 heteroatoms. The van der Waals surface area contributed by atoms with E-state index in [1.807, 2.05) is 0 Å². The summed E-state index contributed by atoms with van der Waals surface area (Å²) in [5.41, 5.74) is 0.141. The summed E-state index contributed by atoms with van der Waals surface area (Å²) in [6.45, 7) is 1.23. The van der Waals surface area contributed by atoms with E-state index in [9.17, 15) is 29.1 Å². The maximum Gasteiger partial charge on any atom is 0.337 e. The SMILES string of the molecule is CC(=O)Oc1cccc(N2C(=O)c3ccc(C(=O)Nc4cc(Cl)ccc4C(=O)O)cc3C2=O)c1. The third-order valence-electron chi connectivity index (χ3n) is 4.95. The van der Waals surface area contributed by atoms with E-state index in [-0.39, 0.29) is 44.4 Å². The van der Waals surface area contributed by atoms with Crippen molar-refractivity contribution in [2.75, 3.05) is 10.2 Å². The highest BCUT2D eigenvalue weighted by Crippen LogP contribution is 2.31. The first kappa shape index (κ1) is 22.7. The fourth-order valence-corrected chi connectivity index (χ4v) is 3.64. The average molecular weight is 479 g/mol. The van der Waals surface area contributed by atoms with Gasteiger partial charge in [-0.2, -0.15) is 0 Å². The summed E-state index contributed by atoms with van der Waals surface area (Å²) in [7, 11) is 0. The maximum atomic E-state index is 13.0. The van der Waals surface area contributed by atoms with Crippen LogP contribution in [0.2, 0.25) is 5.02 Å². The third kappa shape index (κ3) is 4.24. The number of aromatic carboxylic acids is 1. The zero-order valence-corrected chi connectivity index (χ0v) is 18.3. The number of carboxylic acid groups (broad SMARTS) is 1. The molecular formula is C24H15ClN2O7. The van der Waals surface area contributed by atoms with Crippen molar-refractivity contribution in [1.82, 2.24) is 0 Å². The lowest BCUT2D eigenvalue weighted by molar-refractivity contribution is -0.131. The van der Waals surface area contributed by atoms with Crippen molar-refractivity contribution in [1.29, 1.82) is 0 Å². The van der Waals surface area contributed by atoms with E-state index >= 15 is 0 Å². The third-order valence-corrected chi connectivity index (χ3v) is 5.18. The Morgan fingerprint density at radius 2 is 1.68 bits per heavy atom. The lowest BCUT2D eigenvalue weighted by Gasteiger charge is -2.14. The van der Waals surface area contributed by atoms with Crippen molar-refractivity contribution in [3.63, 3.8) is 0 Å². The molecule has 0 bridgehead atoms. The molecule has 2 N–H and O–H groups in total. The fourth-order valence-electron chi connectivity index (χ4n) is 3.47. The van der Waals surface area contributed by atoms with Gasteiger partial charge in [0.1, 0.15) is 5.75 Å². The van der Waals surface area contributed by atoms with Gasteiger partial charge >= 0.3 is 11.9 Å². The fraction of sp³-hybridized carbons (Fsp3) is 0.0417. The molecule has 1 aliphatic rings. The molecule has 170 valence electrons. The Kier molecular flexibility index (Phi) is 5.87. The molecule has 1 aliphatic heterocycles. The Hall–Kier alpha value is -4.50. The number of esters is 1. The van der Waals surface area contributed by atoms with Gasteiger partial charge in [-0.1, -0.05) is 17.7 Å². The minimum Gasteiger partial charge on any atom is -0.478 e. The Balaban J connectivity index is 1.63. The van der Waals surface area contributed by atoms with Crippen LogP contribution in [0.5, 0.6) is 5.75 Å². The lowest BCUT2D eigenvalue weighted by atomic mass is 10.0. The van der Waals surface area contributed by atoms with Crippen molar-refractivity contribution in [3.05, 3.63) is 87.9 Å². The van der Waals surface area contributed by atoms with E-state index in [4.69, 9.17) is 16.3 Å². The normalized spacial score (nSPS) is 12.4. The molecule has 0 spiro atoms. The first-order valence-corrected chi connectivity index (χ1v) is 10.2. The molecule has 9 nitrogen and oxygen atoms in total. The number of carboxylic acids is 1. The van der Waals surface area contributed by atoms with Crippen LogP contribution < -0.4 is 15.0 Å². The Labute approximate surface area is 197 Å². The zero-order valence-electron chi connectivity index (χ0n) is 17.5. The largest absolute Gasteiger partial charge is 0.478 e. The average Bonchev–Trinajstić information content (AvgIpc) is 3.03. The van der Waals surface area contributed by atoms with Crippen LogP contribution in [0.3, 0.4) is 0 Å². The first-order chi connectivity index (χ1) is 16.2. The van der Waals surface area contributed by atoms with Crippen LogP contribution in [0.15, 0.2) is 60.7 Å². The number of hydrogen-bond acceptors (Lipinski definition) is 6. The zero-order chi connectivity index (χ0) is 24.6. The van der Waals surface area contributed by atoms with Crippen molar-refractivity contribution in [2.45, 2.75) is 6.92 Å². The molecule has 0 saturated carbocycles. The number of anilines is 2. The number of rotatable bonds is 5. The van der Waals surface area contributed by atoms with E-state index in [1.165, 1.54) is 67.6 Å². The smallest absolute Gasteiger partial charge is 0.337 e. The van der Waals surface area contributed by atoms with Gasteiger partial charge in [-0.05, 0) is 48.5 Å². The summed E-state index contributed by atoms with van der Waals surface area (Å²) < 4.78 is 5.01. The number of imide groups is 1. The van der Waals surface area contributed by atoms with Gasteiger partial charge in [0, 0.05) is 23.6 Å². The standard InChI is InChI=1S/C24H15ClN2O7/c1-12(28)34-16-4-2-3-15(11-16)27-22(30)17-7-5-13(9-19(17)23(27)31)21(29)26-20-10-14(25)6-8-18(20)24(32)33/h2-11H,1H3,(H,26,29)(H,32,33). The number of hydrogen-bond donors (Lipinski definition) is 2. The van der Waals surface area contributed by atoms with Crippen LogP contribution in [0.25, 0.3) is 0 Å². The summed E-state index contributed by atoms with van der Waals surface area (Å²) in [4.78, 5) is 62.3. The number of nitrogens with zero attached hydrogens (tertiary/aromatic N) is 1. The molecule has 34 heavy (non-hydrogen) atoms. The van der Waals surface area contributed by atoms with Gasteiger partial charge in [0.25, 0.3) is 17.7 Å².